The van der Waals surface area contributed by atoms with Crippen LogP contribution in [0.4, 0.5) is 16.2 Å². The van der Waals surface area contributed by atoms with Crippen molar-refractivity contribution in [3.8, 4) is 11.1 Å². The summed E-state index contributed by atoms with van der Waals surface area (Å²) in [6, 6.07) is 28.5. The first-order chi connectivity index (χ1) is 19.0. The van der Waals surface area contributed by atoms with Gasteiger partial charge in [0.25, 0.3) is 11.6 Å². The first-order valence-electron chi connectivity index (χ1n) is 12.8. The summed E-state index contributed by atoms with van der Waals surface area (Å²) in [5, 5.41) is 13.8. The summed E-state index contributed by atoms with van der Waals surface area (Å²) in [6.45, 7) is 0.480. The fraction of sp³-hybridized carbons (Fsp3) is 0.161. The Morgan fingerprint density at radius 2 is 1.44 bits per heavy atom. The molecule has 0 aromatic heterocycles. The number of nitrogens with one attached hydrogen (secondary N) is 1. The summed E-state index contributed by atoms with van der Waals surface area (Å²) in [5.74, 6) is -0.504. The van der Waals surface area contributed by atoms with Gasteiger partial charge >= 0.3 is 6.09 Å². The maximum atomic E-state index is 13.6. The Hall–Kier alpha value is -4.98. The number of carbonyl (C=O) groups is 2. The minimum absolute atomic E-state index is 0.0729. The predicted molar refractivity (Wildman–Crippen MR) is 146 cm³/mol. The molecule has 0 saturated heterocycles. The number of carbonyl (C=O) groups excluding carboxylic acids is 2. The second-order valence-electron chi connectivity index (χ2n) is 9.64. The van der Waals surface area contributed by atoms with Crippen LogP contribution in [0.25, 0.3) is 11.1 Å². The highest BCUT2D eigenvalue weighted by Gasteiger charge is 2.38. The van der Waals surface area contributed by atoms with Crippen LogP contribution in [0.15, 0.2) is 97.1 Å². The number of fused-ring (bicyclic) bond motifs is 4. The molecular formula is C31H25N3O5. The van der Waals surface area contributed by atoms with Crippen LogP contribution in [0, 0.1) is 10.1 Å². The molecule has 1 aliphatic heterocycles. The van der Waals surface area contributed by atoms with E-state index in [9.17, 15) is 19.7 Å². The molecule has 0 radical (unpaired) electrons. The van der Waals surface area contributed by atoms with Crippen molar-refractivity contribution in [2.75, 3.05) is 18.5 Å². The Balaban J connectivity index is 1.24. The van der Waals surface area contributed by atoms with E-state index in [0.29, 0.717) is 18.7 Å². The summed E-state index contributed by atoms with van der Waals surface area (Å²) in [4.78, 5) is 39.0. The minimum atomic E-state index is -0.902. The van der Waals surface area contributed by atoms with Gasteiger partial charge in [0.15, 0.2) is 0 Å². The summed E-state index contributed by atoms with van der Waals surface area (Å²) < 4.78 is 5.90. The molecule has 6 rings (SSSR count). The molecule has 0 bridgehead atoms. The third-order valence-corrected chi connectivity index (χ3v) is 7.45. The van der Waals surface area contributed by atoms with Crippen LogP contribution in [0.2, 0.25) is 0 Å². The fourth-order valence-corrected chi connectivity index (χ4v) is 5.60. The van der Waals surface area contributed by atoms with Gasteiger partial charge < -0.3 is 10.1 Å². The molecule has 39 heavy (non-hydrogen) atoms. The van der Waals surface area contributed by atoms with E-state index >= 15 is 0 Å². The number of nitro benzene ring substituents is 1. The lowest BCUT2D eigenvalue weighted by Crippen LogP contribution is -2.45. The van der Waals surface area contributed by atoms with Crippen LogP contribution < -0.4 is 5.32 Å². The average Bonchev–Trinajstić information content (AvgIpc) is 3.29. The van der Waals surface area contributed by atoms with Gasteiger partial charge in [-0.3, -0.25) is 19.8 Å². The van der Waals surface area contributed by atoms with Gasteiger partial charge in [-0.2, -0.15) is 0 Å². The normalized spacial score (nSPS) is 15.6. The van der Waals surface area contributed by atoms with Gasteiger partial charge in [0.05, 0.1) is 4.92 Å². The number of benzene rings is 4. The van der Waals surface area contributed by atoms with Crippen LogP contribution in [0.5, 0.6) is 0 Å². The van der Waals surface area contributed by atoms with Crippen molar-refractivity contribution in [1.29, 1.82) is 0 Å². The predicted octanol–water partition coefficient (Wildman–Crippen LogP) is 6.08. The van der Waals surface area contributed by atoms with E-state index in [2.05, 4.69) is 29.6 Å². The van der Waals surface area contributed by atoms with Crippen molar-refractivity contribution in [3.05, 3.63) is 129 Å². The zero-order valence-electron chi connectivity index (χ0n) is 20.9. The molecule has 1 N–H and O–H groups in total. The summed E-state index contributed by atoms with van der Waals surface area (Å²) in [6.07, 6.45) is 0.0389. The first kappa shape index (κ1) is 24.4. The molecule has 0 saturated carbocycles. The molecular weight excluding hydrogens is 494 g/mol. The molecule has 1 heterocycles. The first-order valence-corrected chi connectivity index (χ1v) is 12.8. The number of hydrogen-bond donors (Lipinski definition) is 1. The largest absolute Gasteiger partial charge is 0.448 e. The van der Waals surface area contributed by atoms with E-state index < -0.39 is 23.0 Å². The van der Waals surface area contributed by atoms with Crippen molar-refractivity contribution in [2.24, 2.45) is 0 Å². The zero-order chi connectivity index (χ0) is 26.9. The van der Waals surface area contributed by atoms with Gasteiger partial charge in [-0.1, -0.05) is 72.8 Å². The number of amides is 2. The van der Waals surface area contributed by atoms with E-state index in [1.54, 1.807) is 0 Å². The molecule has 1 atom stereocenters. The van der Waals surface area contributed by atoms with Gasteiger partial charge in [-0.25, -0.2) is 4.79 Å². The number of anilines is 1. The summed E-state index contributed by atoms with van der Waals surface area (Å²) >= 11 is 0. The van der Waals surface area contributed by atoms with Gasteiger partial charge in [0, 0.05) is 30.3 Å². The molecule has 0 spiro atoms. The lowest BCUT2D eigenvalue weighted by Gasteiger charge is -2.35. The van der Waals surface area contributed by atoms with Crippen LogP contribution in [-0.2, 0) is 16.0 Å². The standard InChI is InChI=1S/C31H25N3O5/c35-30(32-21-13-15-22(16-14-21)34(37)38)29-23-8-2-1-7-20(23)17-18-33(29)31(36)39-19-28-26-11-5-3-9-24(26)25-10-4-6-12-27(25)28/h1-16,28-29H,17-19H2,(H,32,35). The lowest BCUT2D eigenvalue weighted by molar-refractivity contribution is -0.384. The SMILES string of the molecule is O=C(Nc1ccc([N+](=O)[O-])cc1)C1c2ccccc2CCN1C(=O)OCC1c2ccccc2-c2ccccc21. The van der Waals surface area contributed by atoms with Crippen LogP contribution in [-0.4, -0.2) is 35.0 Å². The lowest BCUT2D eigenvalue weighted by atomic mass is 9.92. The average molecular weight is 520 g/mol. The van der Waals surface area contributed by atoms with E-state index in [4.69, 9.17) is 4.74 Å². The highest BCUT2D eigenvalue weighted by molar-refractivity contribution is 5.98. The molecule has 1 unspecified atom stereocenters. The van der Waals surface area contributed by atoms with Crippen LogP contribution in [0.1, 0.15) is 34.2 Å². The van der Waals surface area contributed by atoms with E-state index in [-0.39, 0.29) is 18.2 Å². The second-order valence-corrected chi connectivity index (χ2v) is 9.64. The molecule has 8 nitrogen and oxygen atoms in total. The molecule has 4 aromatic rings. The zero-order valence-corrected chi connectivity index (χ0v) is 20.9. The molecule has 1 aliphatic carbocycles. The maximum Gasteiger partial charge on any atom is 0.410 e. The number of rotatable bonds is 5. The number of ether oxygens (including phenoxy) is 1. The summed E-state index contributed by atoms with van der Waals surface area (Å²) in [5.41, 5.74) is 6.56. The fourth-order valence-electron chi connectivity index (χ4n) is 5.60. The van der Waals surface area contributed by atoms with E-state index in [1.165, 1.54) is 29.2 Å². The highest BCUT2D eigenvalue weighted by Crippen LogP contribution is 2.44. The molecule has 2 aliphatic rings. The van der Waals surface area contributed by atoms with Gasteiger partial charge in [-0.15, -0.1) is 0 Å². The third-order valence-electron chi connectivity index (χ3n) is 7.45. The van der Waals surface area contributed by atoms with Gasteiger partial charge in [-0.05, 0) is 51.9 Å². The Morgan fingerprint density at radius 1 is 0.846 bits per heavy atom. The Morgan fingerprint density at radius 3 is 2.08 bits per heavy atom. The topological polar surface area (TPSA) is 102 Å². The Kier molecular flexibility index (Phi) is 6.28. The van der Waals surface area contributed by atoms with Crippen molar-refractivity contribution >= 4 is 23.4 Å². The van der Waals surface area contributed by atoms with Crippen molar-refractivity contribution in [2.45, 2.75) is 18.4 Å². The number of hydrogen-bond acceptors (Lipinski definition) is 5. The van der Waals surface area contributed by atoms with Gasteiger partial charge in [0.2, 0.25) is 0 Å². The Labute approximate surface area is 225 Å². The number of nitro groups is 1. The van der Waals surface area contributed by atoms with Crippen LogP contribution >= 0.6 is 0 Å². The molecule has 8 heteroatoms. The second kappa shape index (κ2) is 10.1. The highest BCUT2D eigenvalue weighted by atomic mass is 16.6. The van der Waals surface area contributed by atoms with Gasteiger partial charge in [0.1, 0.15) is 12.6 Å². The van der Waals surface area contributed by atoms with Crippen molar-refractivity contribution in [3.63, 3.8) is 0 Å². The monoisotopic (exact) mass is 519 g/mol. The quantitative estimate of drug-likeness (QED) is 0.254. The van der Waals surface area contributed by atoms with Crippen molar-refractivity contribution in [1.82, 2.24) is 4.90 Å². The minimum Gasteiger partial charge on any atom is -0.448 e. The van der Waals surface area contributed by atoms with Crippen molar-refractivity contribution < 1.29 is 19.2 Å². The molecule has 0 fully saturated rings. The molecule has 2 amide bonds. The molecule has 4 aromatic carbocycles. The molecule has 194 valence electrons. The van der Waals surface area contributed by atoms with E-state index in [0.717, 1.165) is 33.4 Å². The Bertz CT molecular complexity index is 1540. The smallest absolute Gasteiger partial charge is 0.410 e. The van der Waals surface area contributed by atoms with Crippen LogP contribution in [0.3, 0.4) is 0 Å². The number of non-ortho nitro benzene ring substituents is 1. The maximum absolute atomic E-state index is 13.6. The third kappa shape index (κ3) is 4.50. The van der Waals surface area contributed by atoms with E-state index in [1.807, 2.05) is 48.5 Å². The number of nitrogens with zero attached hydrogens (tertiary/aromatic N) is 2. The summed E-state index contributed by atoms with van der Waals surface area (Å²) in [7, 11) is 0.